The average Bonchev–Trinajstić information content (AvgIpc) is 2.27. The van der Waals surface area contributed by atoms with Crippen LogP contribution in [0.4, 0.5) is 0 Å². The lowest BCUT2D eigenvalue weighted by Crippen LogP contribution is -2.13. The van der Waals surface area contributed by atoms with E-state index in [-0.39, 0.29) is 0 Å². The Morgan fingerprint density at radius 1 is 0.611 bits per heavy atom. The summed E-state index contributed by atoms with van der Waals surface area (Å²) in [6.45, 7) is 14.3. The summed E-state index contributed by atoms with van der Waals surface area (Å²) in [4.78, 5) is 0. The Kier molecular flexibility index (Phi) is 9.81. The standard InChI is InChI=1S/C17H36O/c1-7-13(2)8-14(3)9-15(4)10-16(5)11-17(6)12-18/h13-18H,7-12H2,1-6H3/t13-,14-,15-,16-,17+/m1/s1. The Balaban J connectivity index is 3.84. The summed E-state index contributed by atoms with van der Waals surface area (Å²) in [5, 5.41) is 9.09. The van der Waals surface area contributed by atoms with Crippen LogP contribution in [-0.2, 0) is 0 Å². The lowest BCUT2D eigenvalue weighted by atomic mass is 9.83. The maximum absolute atomic E-state index is 9.09. The lowest BCUT2D eigenvalue weighted by molar-refractivity contribution is 0.203. The summed E-state index contributed by atoms with van der Waals surface area (Å²) < 4.78 is 0. The number of hydrogen-bond acceptors (Lipinski definition) is 1. The highest BCUT2D eigenvalue weighted by Gasteiger charge is 2.15. The van der Waals surface area contributed by atoms with Gasteiger partial charge in [0.25, 0.3) is 0 Å². The molecule has 0 aliphatic rings. The van der Waals surface area contributed by atoms with Gasteiger partial charge in [0.15, 0.2) is 0 Å². The second kappa shape index (κ2) is 9.83. The normalized spacial score (nSPS) is 20.2. The third kappa shape index (κ3) is 8.97. The van der Waals surface area contributed by atoms with Crippen LogP contribution in [0.5, 0.6) is 0 Å². The van der Waals surface area contributed by atoms with E-state index in [2.05, 4.69) is 41.5 Å². The van der Waals surface area contributed by atoms with Crippen molar-refractivity contribution in [1.29, 1.82) is 0 Å². The van der Waals surface area contributed by atoms with Gasteiger partial charge < -0.3 is 5.11 Å². The first kappa shape index (κ1) is 18.0. The van der Waals surface area contributed by atoms with Gasteiger partial charge in [-0.1, -0.05) is 48.0 Å². The van der Waals surface area contributed by atoms with Crippen molar-refractivity contribution in [2.75, 3.05) is 6.61 Å². The molecule has 0 saturated carbocycles. The van der Waals surface area contributed by atoms with Gasteiger partial charge in [-0.15, -0.1) is 0 Å². The van der Waals surface area contributed by atoms with E-state index < -0.39 is 0 Å². The molecule has 0 aromatic heterocycles. The SMILES string of the molecule is CC[C@@H](C)C[C@@H](C)C[C@@H](C)C[C@@H](C)C[C@H](C)CO. The second-order valence-corrected chi connectivity index (χ2v) is 7.06. The van der Waals surface area contributed by atoms with Crippen LogP contribution >= 0.6 is 0 Å². The van der Waals surface area contributed by atoms with Crippen LogP contribution < -0.4 is 0 Å². The maximum atomic E-state index is 9.09. The summed E-state index contributed by atoms with van der Waals surface area (Å²) in [6, 6.07) is 0. The van der Waals surface area contributed by atoms with Crippen molar-refractivity contribution in [2.24, 2.45) is 29.6 Å². The van der Waals surface area contributed by atoms with Crippen molar-refractivity contribution in [3.8, 4) is 0 Å². The number of hydrogen-bond donors (Lipinski definition) is 1. The van der Waals surface area contributed by atoms with Gasteiger partial charge in [-0.25, -0.2) is 0 Å². The van der Waals surface area contributed by atoms with Gasteiger partial charge in [-0.3, -0.25) is 0 Å². The van der Waals surface area contributed by atoms with Crippen LogP contribution in [0.3, 0.4) is 0 Å². The van der Waals surface area contributed by atoms with Gasteiger partial charge in [0.2, 0.25) is 0 Å². The third-order valence-electron chi connectivity index (χ3n) is 4.23. The Labute approximate surface area is 115 Å². The molecular formula is C17H36O. The Hall–Kier alpha value is -0.0400. The molecule has 1 N–H and O–H groups in total. The zero-order valence-electron chi connectivity index (χ0n) is 13.6. The largest absolute Gasteiger partial charge is 0.396 e. The average molecular weight is 256 g/mol. The summed E-state index contributed by atoms with van der Waals surface area (Å²) in [7, 11) is 0. The molecule has 0 spiro atoms. The molecule has 5 atom stereocenters. The summed E-state index contributed by atoms with van der Waals surface area (Å²) in [5.41, 5.74) is 0. The Morgan fingerprint density at radius 2 is 0.944 bits per heavy atom. The van der Waals surface area contributed by atoms with Crippen molar-refractivity contribution >= 4 is 0 Å². The van der Waals surface area contributed by atoms with Crippen LogP contribution in [-0.4, -0.2) is 11.7 Å². The van der Waals surface area contributed by atoms with Crippen molar-refractivity contribution in [2.45, 2.75) is 73.6 Å². The molecule has 110 valence electrons. The molecule has 0 fully saturated rings. The highest BCUT2D eigenvalue weighted by molar-refractivity contribution is 4.67. The van der Waals surface area contributed by atoms with Gasteiger partial charge in [-0.2, -0.15) is 0 Å². The summed E-state index contributed by atoms with van der Waals surface area (Å²) >= 11 is 0. The van der Waals surface area contributed by atoms with E-state index in [0.717, 1.165) is 23.7 Å². The van der Waals surface area contributed by atoms with Gasteiger partial charge in [0.1, 0.15) is 0 Å². The number of aliphatic hydroxyl groups is 1. The molecule has 0 saturated heterocycles. The van der Waals surface area contributed by atoms with Crippen LogP contribution in [0.15, 0.2) is 0 Å². The molecule has 0 heterocycles. The lowest BCUT2D eigenvalue weighted by Gasteiger charge is -2.23. The molecule has 0 aromatic rings. The van der Waals surface area contributed by atoms with Crippen molar-refractivity contribution < 1.29 is 5.11 Å². The van der Waals surface area contributed by atoms with Crippen LogP contribution in [0.25, 0.3) is 0 Å². The predicted molar refractivity (Wildman–Crippen MR) is 81.7 cm³/mol. The molecule has 1 nitrogen and oxygen atoms in total. The summed E-state index contributed by atoms with van der Waals surface area (Å²) in [6.07, 6.45) is 6.53. The second-order valence-electron chi connectivity index (χ2n) is 7.06. The molecule has 0 aliphatic carbocycles. The minimum atomic E-state index is 0.336. The maximum Gasteiger partial charge on any atom is 0.0456 e. The molecule has 0 bridgehead atoms. The first-order valence-electron chi connectivity index (χ1n) is 7.99. The van der Waals surface area contributed by atoms with E-state index in [1.165, 1.54) is 32.1 Å². The molecule has 0 aromatic carbocycles. The first-order chi connectivity index (χ1) is 8.38. The smallest absolute Gasteiger partial charge is 0.0456 e. The molecule has 0 unspecified atom stereocenters. The topological polar surface area (TPSA) is 20.2 Å². The van der Waals surface area contributed by atoms with E-state index in [9.17, 15) is 0 Å². The summed E-state index contributed by atoms with van der Waals surface area (Å²) in [5.74, 6) is 3.77. The fourth-order valence-corrected chi connectivity index (χ4v) is 3.28. The van der Waals surface area contributed by atoms with Crippen molar-refractivity contribution in [3.63, 3.8) is 0 Å². The minimum Gasteiger partial charge on any atom is -0.396 e. The van der Waals surface area contributed by atoms with Crippen LogP contribution in [0, 0.1) is 29.6 Å². The third-order valence-corrected chi connectivity index (χ3v) is 4.23. The van der Waals surface area contributed by atoms with E-state index in [1.807, 2.05) is 0 Å². The molecule has 0 radical (unpaired) electrons. The van der Waals surface area contributed by atoms with E-state index in [1.54, 1.807) is 0 Å². The number of aliphatic hydroxyl groups excluding tert-OH is 1. The molecule has 0 aliphatic heterocycles. The van der Waals surface area contributed by atoms with Gasteiger partial charge >= 0.3 is 0 Å². The Bertz CT molecular complexity index is 170. The van der Waals surface area contributed by atoms with Crippen LogP contribution in [0.1, 0.15) is 73.6 Å². The van der Waals surface area contributed by atoms with Gasteiger partial charge in [0.05, 0.1) is 0 Å². The fourth-order valence-electron chi connectivity index (χ4n) is 3.28. The molecule has 18 heavy (non-hydrogen) atoms. The quantitative estimate of drug-likeness (QED) is 0.574. The van der Waals surface area contributed by atoms with Crippen molar-refractivity contribution in [1.82, 2.24) is 0 Å². The highest BCUT2D eigenvalue weighted by Crippen LogP contribution is 2.27. The molecule has 0 rings (SSSR count). The minimum absolute atomic E-state index is 0.336. The van der Waals surface area contributed by atoms with Crippen LogP contribution in [0.2, 0.25) is 0 Å². The highest BCUT2D eigenvalue weighted by atomic mass is 16.3. The zero-order chi connectivity index (χ0) is 14.1. The molecule has 0 amide bonds. The van der Waals surface area contributed by atoms with E-state index >= 15 is 0 Å². The van der Waals surface area contributed by atoms with Gasteiger partial charge in [-0.05, 0) is 55.3 Å². The van der Waals surface area contributed by atoms with E-state index in [4.69, 9.17) is 5.11 Å². The van der Waals surface area contributed by atoms with Gasteiger partial charge in [0, 0.05) is 6.61 Å². The molecule has 1 heteroatoms. The number of rotatable bonds is 10. The predicted octanol–water partition coefficient (Wildman–Crippen LogP) is 5.13. The zero-order valence-corrected chi connectivity index (χ0v) is 13.6. The monoisotopic (exact) mass is 256 g/mol. The van der Waals surface area contributed by atoms with E-state index in [0.29, 0.717) is 12.5 Å². The Morgan fingerprint density at radius 3 is 1.28 bits per heavy atom. The first-order valence-corrected chi connectivity index (χ1v) is 7.99. The fraction of sp³-hybridized carbons (Fsp3) is 1.00. The molecular weight excluding hydrogens is 220 g/mol. The van der Waals surface area contributed by atoms with Crippen molar-refractivity contribution in [3.05, 3.63) is 0 Å².